The van der Waals surface area contributed by atoms with Gasteiger partial charge in [0.15, 0.2) is 5.17 Å². The summed E-state index contributed by atoms with van der Waals surface area (Å²) in [5, 5.41) is 18.6. The summed E-state index contributed by atoms with van der Waals surface area (Å²) in [4.78, 5) is 22.2. The molecule has 8 nitrogen and oxygen atoms in total. The van der Waals surface area contributed by atoms with E-state index in [1.807, 2.05) is 0 Å². The SMILES string of the molecule is COc1ccc(/C=N\N=C2\NC(=O)[C@@H](CC(=O)O)S2)c(OC)c1. The number of benzene rings is 1. The maximum atomic E-state index is 11.6. The minimum absolute atomic E-state index is 0.258. The van der Waals surface area contributed by atoms with E-state index in [1.54, 1.807) is 25.3 Å². The first-order valence-electron chi connectivity index (χ1n) is 6.56. The van der Waals surface area contributed by atoms with Crippen LogP contribution in [0.1, 0.15) is 12.0 Å². The van der Waals surface area contributed by atoms with Crippen LogP contribution in [0.5, 0.6) is 11.5 Å². The van der Waals surface area contributed by atoms with Gasteiger partial charge in [-0.2, -0.15) is 5.10 Å². The first kappa shape index (κ1) is 16.8. The van der Waals surface area contributed by atoms with E-state index in [0.717, 1.165) is 11.8 Å². The number of rotatable bonds is 6. The number of hydrogen-bond acceptors (Lipinski definition) is 7. The second-order valence-corrected chi connectivity index (χ2v) is 5.64. The van der Waals surface area contributed by atoms with Crippen molar-refractivity contribution in [3.63, 3.8) is 0 Å². The van der Waals surface area contributed by atoms with Crippen LogP contribution in [0.2, 0.25) is 0 Å². The predicted octanol–water partition coefficient (Wildman–Crippen LogP) is 1.10. The lowest BCUT2D eigenvalue weighted by atomic mass is 10.2. The molecule has 1 saturated heterocycles. The highest BCUT2D eigenvalue weighted by molar-refractivity contribution is 8.15. The zero-order valence-corrected chi connectivity index (χ0v) is 13.3. The van der Waals surface area contributed by atoms with E-state index < -0.39 is 11.2 Å². The predicted molar refractivity (Wildman–Crippen MR) is 86.3 cm³/mol. The quantitative estimate of drug-likeness (QED) is 0.594. The Morgan fingerprint density at radius 3 is 2.87 bits per heavy atom. The third kappa shape index (κ3) is 4.46. The Bertz CT molecular complexity index is 674. The van der Waals surface area contributed by atoms with Crippen molar-refractivity contribution >= 4 is 35.0 Å². The van der Waals surface area contributed by atoms with Crippen molar-refractivity contribution in [2.24, 2.45) is 10.2 Å². The van der Waals surface area contributed by atoms with Crippen molar-refractivity contribution in [3.05, 3.63) is 23.8 Å². The molecule has 0 radical (unpaired) electrons. The summed E-state index contributed by atoms with van der Waals surface area (Å²) >= 11 is 1.04. The van der Waals surface area contributed by atoms with Gasteiger partial charge in [-0.1, -0.05) is 11.8 Å². The molecule has 0 unspecified atom stereocenters. The molecule has 2 N–H and O–H groups in total. The Morgan fingerprint density at radius 2 is 2.22 bits per heavy atom. The number of nitrogens with zero attached hydrogens (tertiary/aromatic N) is 2. The van der Waals surface area contributed by atoms with Crippen LogP contribution in [0.3, 0.4) is 0 Å². The van der Waals surface area contributed by atoms with E-state index in [2.05, 4.69) is 15.5 Å². The number of carbonyl (C=O) groups is 2. The minimum Gasteiger partial charge on any atom is -0.497 e. The Hall–Kier alpha value is -2.55. The highest BCUT2D eigenvalue weighted by Crippen LogP contribution is 2.24. The Labute approximate surface area is 136 Å². The monoisotopic (exact) mass is 337 g/mol. The van der Waals surface area contributed by atoms with Gasteiger partial charge in [0.2, 0.25) is 5.91 Å². The van der Waals surface area contributed by atoms with Gasteiger partial charge in [-0.15, -0.1) is 5.10 Å². The summed E-state index contributed by atoms with van der Waals surface area (Å²) in [5.41, 5.74) is 0.689. The number of amidine groups is 1. The topological polar surface area (TPSA) is 110 Å². The van der Waals surface area contributed by atoms with Crippen LogP contribution in [0.15, 0.2) is 28.4 Å². The fourth-order valence-electron chi connectivity index (χ4n) is 1.81. The Kier molecular flexibility index (Phi) is 5.58. The van der Waals surface area contributed by atoms with E-state index in [9.17, 15) is 9.59 Å². The zero-order valence-electron chi connectivity index (χ0n) is 12.5. The molecular formula is C14H15N3O5S. The lowest BCUT2D eigenvalue weighted by Crippen LogP contribution is -2.26. The summed E-state index contributed by atoms with van der Waals surface area (Å²) in [6, 6.07) is 5.23. The molecule has 23 heavy (non-hydrogen) atoms. The summed E-state index contributed by atoms with van der Waals surface area (Å²) in [5.74, 6) is -0.195. The van der Waals surface area contributed by atoms with E-state index in [-0.39, 0.29) is 17.5 Å². The fraction of sp³-hybridized carbons (Fsp3) is 0.286. The van der Waals surface area contributed by atoms with Crippen LogP contribution in [0.25, 0.3) is 0 Å². The molecular weight excluding hydrogens is 322 g/mol. The molecule has 1 aliphatic heterocycles. The van der Waals surface area contributed by atoms with Crippen molar-refractivity contribution in [1.82, 2.24) is 5.32 Å². The normalized spacial score (nSPS) is 19.1. The first-order valence-corrected chi connectivity index (χ1v) is 7.44. The number of carboxylic acids is 1. The largest absolute Gasteiger partial charge is 0.497 e. The molecule has 1 amide bonds. The minimum atomic E-state index is -1.04. The van der Waals surface area contributed by atoms with Gasteiger partial charge in [0, 0.05) is 11.6 Å². The average molecular weight is 337 g/mol. The second kappa shape index (κ2) is 7.63. The van der Waals surface area contributed by atoms with Crippen LogP contribution in [-0.4, -0.2) is 47.8 Å². The molecule has 1 atom stereocenters. The number of nitrogens with one attached hydrogen (secondary N) is 1. The van der Waals surface area contributed by atoms with Gasteiger partial charge in [-0.05, 0) is 12.1 Å². The molecule has 9 heteroatoms. The number of hydrogen-bond donors (Lipinski definition) is 2. The van der Waals surface area contributed by atoms with Gasteiger partial charge >= 0.3 is 5.97 Å². The summed E-state index contributed by atoms with van der Waals surface area (Å²) in [7, 11) is 3.09. The molecule has 1 aromatic carbocycles. The van der Waals surface area contributed by atoms with Gasteiger partial charge in [0.25, 0.3) is 0 Å². The number of ether oxygens (including phenoxy) is 2. The molecule has 2 rings (SSSR count). The lowest BCUT2D eigenvalue weighted by Gasteiger charge is -2.06. The Morgan fingerprint density at radius 1 is 1.43 bits per heavy atom. The number of aliphatic carboxylic acids is 1. The molecule has 1 aliphatic rings. The second-order valence-electron chi connectivity index (χ2n) is 4.45. The van der Waals surface area contributed by atoms with Crippen LogP contribution in [-0.2, 0) is 9.59 Å². The molecule has 122 valence electrons. The Balaban J connectivity index is 2.07. The van der Waals surface area contributed by atoms with Gasteiger partial charge < -0.3 is 19.9 Å². The third-order valence-corrected chi connectivity index (χ3v) is 3.99. The van der Waals surface area contributed by atoms with Gasteiger partial charge in [0.1, 0.15) is 16.7 Å². The molecule has 0 saturated carbocycles. The van der Waals surface area contributed by atoms with Crippen LogP contribution in [0, 0.1) is 0 Å². The number of carbonyl (C=O) groups excluding carboxylic acids is 1. The van der Waals surface area contributed by atoms with Crippen molar-refractivity contribution in [3.8, 4) is 11.5 Å². The number of thioether (sulfide) groups is 1. The maximum Gasteiger partial charge on any atom is 0.305 e. The van der Waals surface area contributed by atoms with E-state index in [1.165, 1.54) is 13.3 Å². The fourth-order valence-corrected chi connectivity index (χ4v) is 2.73. The van der Waals surface area contributed by atoms with E-state index in [4.69, 9.17) is 14.6 Å². The number of carboxylic acid groups (broad SMARTS) is 1. The van der Waals surface area contributed by atoms with Crippen molar-refractivity contribution < 1.29 is 24.2 Å². The van der Waals surface area contributed by atoms with Gasteiger partial charge in [-0.3, -0.25) is 9.59 Å². The third-order valence-electron chi connectivity index (χ3n) is 2.92. The van der Waals surface area contributed by atoms with Crippen LogP contribution < -0.4 is 14.8 Å². The maximum absolute atomic E-state index is 11.6. The van der Waals surface area contributed by atoms with E-state index in [0.29, 0.717) is 17.1 Å². The smallest absolute Gasteiger partial charge is 0.305 e. The highest BCUT2D eigenvalue weighted by atomic mass is 32.2. The van der Waals surface area contributed by atoms with Crippen molar-refractivity contribution in [2.75, 3.05) is 14.2 Å². The lowest BCUT2D eigenvalue weighted by molar-refractivity contribution is -0.138. The highest BCUT2D eigenvalue weighted by Gasteiger charge is 2.32. The first-order chi connectivity index (χ1) is 11.0. The average Bonchev–Trinajstić information content (AvgIpc) is 2.86. The molecule has 0 aliphatic carbocycles. The number of methoxy groups -OCH3 is 2. The molecule has 0 aromatic heterocycles. The number of amides is 1. The standard InChI is InChI=1S/C14H15N3O5S/c1-21-9-4-3-8(10(5-9)22-2)7-15-17-14-16-13(20)11(23-14)6-12(18)19/h3-5,7,11H,6H2,1-2H3,(H,18,19)(H,16,17,20)/b15-7-/t11-/m1/s1. The molecule has 1 heterocycles. The molecule has 0 spiro atoms. The summed E-state index contributed by atoms with van der Waals surface area (Å²) in [6.07, 6.45) is 1.22. The van der Waals surface area contributed by atoms with Gasteiger partial charge in [-0.25, -0.2) is 0 Å². The zero-order chi connectivity index (χ0) is 16.8. The molecule has 1 aromatic rings. The van der Waals surface area contributed by atoms with Crippen molar-refractivity contribution in [2.45, 2.75) is 11.7 Å². The van der Waals surface area contributed by atoms with Crippen LogP contribution >= 0.6 is 11.8 Å². The summed E-state index contributed by atoms with van der Waals surface area (Å²) < 4.78 is 10.3. The summed E-state index contributed by atoms with van der Waals surface area (Å²) in [6.45, 7) is 0. The van der Waals surface area contributed by atoms with Crippen LogP contribution in [0.4, 0.5) is 0 Å². The molecule has 0 bridgehead atoms. The van der Waals surface area contributed by atoms with E-state index >= 15 is 0 Å². The molecule has 1 fully saturated rings. The van der Waals surface area contributed by atoms with Crippen molar-refractivity contribution in [1.29, 1.82) is 0 Å². The van der Waals surface area contributed by atoms with Gasteiger partial charge in [0.05, 0.1) is 26.9 Å².